The third kappa shape index (κ3) is 7.99. The van der Waals surface area contributed by atoms with E-state index in [0.29, 0.717) is 0 Å². The van der Waals surface area contributed by atoms with E-state index in [-0.39, 0.29) is 0 Å². The standard InChI is InChI=1S/C48H51ISi/c1-5-9-22-41-42-23-14-18-37(27-26-36-17-13-20-39-33-40-21-16-25-48(49)47(40)34-44(36)39)45(42)35-46-38(19-15-24-43(41)46)28-32-50(29-10-6-2,30-11-7-3)31-12-8-4/h13-21,23-25,33-35H,5-12,22,29-31H2,1-4H3. The van der Waals surface area contributed by atoms with Crippen molar-refractivity contribution < 1.29 is 0 Å². The van der Waals surface area contributed by atoms with Gasteiger partial charge in [0.25, 0.3) is 0 Å². The molecule has 0 atom stereocenters. The molecule has 0 aromatic heterocycles. The highest BCUT2D eigenvalue weighted by Gasteiger charge is 2.29. The molecule has 0 aliphatic rings. The lowest BCUT2D eigenvalue weighted by atomic mass is 9.90. The highest BCUT2D eigenvalue weighted by molar-refractivity contribution is 14.1. The van der Waals surface area contributed by atoms with Crippen molar-refractivity contribution in [3.05, 3.63) is 117 Å². The van der Waals surface area contributed by atoms with Crippen molar-refractivity contribution in [2.45, 2.75) is 104 Å². The molecule has 0 aliphatic carbocycles. The molecule has 6 rings (SSSR count). The van der Waals surface area contributed by atoms with E-state index >= 15 is 0 Å². The Balaban J connectivity index is 1.52. The number of aryl methyl sites for hydroxylation is 1. The first kappa shape index (κ1) is 36.2. The van der Waals surface area contributed by atoms with E-state index in [1.165, 1.54) is 127 Å². The van der Waals surface area contributed by atoms with Crippen LogP contribution >= 0.6 is 22.6 Å². The second kappa shape index (κ2) is 17.1. The number of benzene rings is 6. The first-order valence-corrected chi connectivity index (χ1v) is 22.8. The Morgan fingerprint density at radius 1 is 0.480 bits per heavy atom. The van der Waals surface area contributed by atoms with Crippen LogP contribution in [0.15, 0.2) is 91.0 Å². The number of rotatable bonds is 12. The van der Waals surface area contributed by atoms with Gasteiger partial charge in [-0.25, -0.2) is 0 Å². The third-order valence-electron chi connectivity index (χ3n) is 10.6. The number of hydrogen-bond donors (Lipinski definition) is 0. The Labute approximate surface area is 315 Å². The van der Waals surface area contributed by atoms with Crippen molar-refractivity contribution in [1.29, 1.82) is 0 Å². The molecule has 0 spiro atoms. The topological polar surface area (TPSA) is 0 Å². The number of halogens is 1. The average molecular weight is 783 g/mol. The predicted molar refractivity (Wildman–Crippen MR) is 232 cm³/mol. The zero-order chi connectivity index (χ0) is 34.9. The molecule has 0 amide bonds. The van der Waals surface area contributed by atoms with E-state index < -0.39 is 8.07 Å². The number of fused-ring (bicyclic) bond motifs is 4. The van der Waals surface area contributed by atoms with E-state index in [0.717, 1.165) is 17.5 Å². The van der Waals surface area contributed by atoms with Crippen molar-refractivity contribution in [2.24, 2.45) is 0 Å². The normalized spacial score (nSPS) is 11.5. The molecule has 0 nitrogen and oxygen atoms in total. The average Bonchev–Trinajstić information content (AvgIpc) is 3.14. The Bertz CT molecular complexity index is 2230. The lowest BCUT2D eigenvalue weighted by Gasteiger charge is -2.26. The van der Waals surface area contributed by atoms with Crippen LogP contribution in [0.5, 0.6) is 0 Å². The predicted octanol–water partition coefficient (Wildman–Crippen LogP) is 14.4. The molecular formula is C48H51ISi. The van der Waals surface area contributed by atoms with Crippen LogP contribution in [0.1, 0.15) is 101 Å². The van der Waals surface area contributed by atoms with Crippen molar-refractivity contribution in [3.63, 3.8) is 0 Å². The third-order valence-corrected chi connectivity index (χ3v) is 16.1. The molecule has 0 radical (unpaired) electrons. The van der Waals surface area contributed by atoms with Crippen LogP contribution in [0.4, 0.5) is 0 Å². The molecule has 6 aromatic carbocycles. The molecule has 0 fully saturated rings. The van der Waals surface area contributed by atoms with Crippen molar-refractivity contribution in [1.82, 2.24) is 0 Å². The summed E-state index contributed by atoms with van der Waals surface area (Å²) in [6.45, 7) is 9.30. The van der Waals surface area contributed by atoms with Gasteiger partial charge in [0.2, 0.25) is 0 Å². The van der Waals surface area contributed by atoms with Gasteiger partial charge in [-0.3, -0.25) is 0 Å². The Morgan fingerprint density at radius 2 is 0.960 bits per heavy atom. The zero-order valence-electron chi connectivity index (χ0n) is 30.5. The fraction of sp³-hybridized carbons (Fsp3) is 0.333. The van der Waals surface area contributed by atoms with E-state index in [1.54, 1.807) is 0 Å². The molecule has 6 aromatic rings. The maximum Gasteiger partial charge on any atom is 0.138 e. The van der Waals surface area contributed by atoms with E-state index in [4.69, 9.17) is 0 Å². The van der Waals surface area contributed by atoms with Crippen LogP contribution in [0.2, 0.25) is 18.1 Å². The monoisotopic (exact) mass is 782 g/mol. The van der Waals surface area contributed by atoms with Gasteiger partial charge in [-0.05, 0) is 145 Å². The van der Waals surface area contributed by atoms with Crippen LogP contribution < -0.4 is 0 Å². The van der Waals surface area contributed by atoms with E-state index in [2.05, 4.69) is 165 Å². The number of hydrogen-bond acceptors (Lipinski definition) is 0. The Hall–Kier alpha value is -3.57. The quantitative estimate of drug-likeness (QED) is 0.0502. The summed E-state index contributed by atoms with van der Waals surface area (Å²) in [4.78, 5) is 0. The van der Waals surface area contributed by atoms with Gasteiger partial charge in [0.05, 0.1) is 0 Å². The first-order chi connectivity index (χ1) is 24.5. The molecule has 0 saturated carbocycles. The molecule has 254 valence electrons. The lowest BCUT2D eigenvalue weighted by molar-refractivity contribution is 0.802. The molecule has 0 N–H and O–H groups in total. The summed E-state index contributed by atoms with van der Waals surface area (Å²) in [5.74, 6) is 11.2. The smallest absolute Gasteiger partial charge is 0.126 e. The van der Waals surface area contributed by atoms with Crippen LogP contribution in [0.3, 0.4) is 0 Å². The SMILES string of the molecule is CCCCc1c2cccc(C#Cc3cccc4cc5cccc(I)c5cc34)c2cc2c(C#C[Si](CCCC)(CCCC)CCCC)cccc12. The van der Waals surface area contributed by atoms with Crippen LogP contribution in [-0.2, 0) is 6.42 Å². The molecule has 0 aliphatic heterocycles. The van der Waals surface area contributed by atoms with E-state index in [1.807, 2.05) is 0 Å². The molecule has 0 unspecified atom stereocenters. The largest absolute Gasteiger partial charge is 0.138 e. The highest BCUT2D eigenvalue weighted by Crippen LogP contribution is 2.35. The minimum absolute atomic E-state index is 1.06. The summed E-state index contributed by atoms with van der Waals surface area (Å²) in [7, 11) is -1.71. The van der Waals surface area contributed by atoms with Gasteiger partial charge < -0.3 is 0 Å². The fourth-order valence-corrected chi connectivity index (χ4v) is 13.0. The summed E-state index contributed by atoms with van der Waals surface area (Å²) >= 11 is 2.45. The summed E-state index contributed by atoms with van der Waals surface area (Å²) in [6, 6.07) is 37.7. The van der Waals surface area contributed by atoms with Crippen LogP contribution in [0, 0.1) is 26.9 Å². The minimum atomic E-state index is -1.71. The second-order valence-electron chi connectivity index (χ2n) is 14.2. The lowest BCUT2D eigenvalue weighted by Crippen LogP contribution is -2.32. The van der Waals surface area contributed by atoms with Gasteiger partial charge >= 0.3 is 0 Å². The Morgan fingerprint density at radius 3 is 1.54 bits per heavy atom. The molecule has 0 heterocycles. The molecular weight excluding hydrogens is 732 g/mol. The van der Waals surface area contributed by atoms with E-state index in [9.17, 15) is 0 Å². The van der Waals surface area contributed by atoms with Gasteiger partial charge in [-0.2, -0.15) is 0 Å². The molecule has 0 bridgehead atoms. The molecule has 50 heavy (non-hydrogen) atoms. The maximum absolute atomic E-state index is 4.11. The van der Waals surface area contributed by atoms with Crippen molar-refractivity contribution in [3.8, 4) is 23.3 Å². The van der Waals surface area contributed by atoms with Gasteiger partial charge in [0, 0.05) is 20.3 Å². The van der Waals surface area contributed by atoms with Gasteiger partial charge in [-0.1, -0.05) is 139 Å². The summed E-state index contributed by atoms with van der Waals surface area (Å²) < 4.78 is 1.27. The van der Waals surface area contributed by atoms with Crippen LogP contribution in [-0.4, -0.2) is 8.07 Å². The van der Waals surface area contributed by atoms with Gasteiger partial charge in [0.15, 0.2) is 0 Å². The van der Waals surface area contributed by atoms with Crippen LogP contribution in [0.25, 0.3) is 43.1 Å². The molecule has 2 heteroatoms. The zero-order valence-corrected chi connectivity index (χ0v) is 33.7. The minimum Gasteiger partial charge on any atom is -0.126 e. The summed E-state index contributed by atoms with van der Waals surface area (Å²) in [6.07, 6.45) is 11.1. The summed E-state index contributed by atoms with van der Waals surface area (Å²) in [5.41, 5.74) is 8.93. The highest BCUT2D eigenvalue weighted by atomic mass is 127. The van der Waals surface area contributed by atoms with Crippen molar-refractivity contribution in [2.75, 3.05) is 0 Å². The molecule has 0 saturated heterocycles. The summed E-state index contributed by atoms with van der Waals surface area (Å²) in [5, 5.41) is 10.2. The first-order valence-electron chi connectivity index (χ1n) is 19.1. The van der Waals surface area contributed by atoms with Gasteiger partial charge in [-0.15, -0.1) is 5.54 Å². The van der Waals surface area contributed by atoms with Gasteiger partial charge in [0.1, 0.15) is 8.07 Å². The Kier molecular flexibility index (Phi) is 12.4. The maximum atomic E-state index is 4.11. The second-order valence-corrected chi connectivity index (χ2v) is 19.7. The number of unbranched alkanes of at least 4 members (excludes halogenated alkanes) is 4. The van der Waals surface area contributed by atoms with Crippen molar-refractivity contribution >= 4 is 73.8 Å². The fourth-order valence-electron chi connectivity index (χ4n) is 7.66.